The number of carbonyl (C=O) groups is 2. The van der Waals surface area contributed by atoms with Crippen LogP contribution in [0, 0.1) is 17.8 Å². The van der Waals surface area contributed by atoms with Crippen molar-refractivity contribution in [1.29, 1.82) is 0 Å². The summed E-state index contributed by atoms with van der Waals surface area (Å²) in [5, 5.41) is 24.5. The van der Waals surface area contributed by atoms with Crippen LogP contribution in [0.15, 0.2) is 65.9 Å². The zero-order chi connectivity index (χ0) is 43.6. The fourth-order valence-electron chi connectivity index (χ4n) is 9.87. The summed E-state index contributed by atoms with van der Waals surface area (Å²) in [6.45, 7) is 8.99. The summed E-state index contributed by atoms with van der Waals surface area (Å²) in [5.41, 5.74) is 3.11. The highest BCUT2D eigenvalue weighted by molar-refractivity contribution is 6.03. The third-order valence-corrected chi connectivity index (χ3v) is 12.9. The molecular weight excluding hydrogens is 773 g/mol. The molecule has 1 saturated carbocycles. The van der Waals surface area contributed by atoms with Gasteiger partial charge in [0.2, 0.25) is 11.7 Å². The van der Waals surface area contributed by atoms with Crippen LogP contribution in [-0.2, 0) is 14.4 Å². The molecule has 0 bridgehead atoms. The topological polar surface area (TPSA) is 136 Å². The molecule has 2 aliphatic carbocycles. The smallest absolute Gasteiger partial charge is 0.239 e. The minimum Gasteiger partial charge on any atom is -0.496 e. The summed E-state index contributed by atoms with van der Waals surface area (Å²) in [5.74, 6) is 0.552. The second-order valence-corrected chi connectivity index (χ2v) is 16.9. The van der Waals surface area contributed by atoms with Crippen molar-refractivity contribution < 1.29 is 43.6 Å². The number of benzene rings is 2. The van der Waals surface area contributed by atoms with Gasteiger partial charge in [0.05, 0.1) is 30.9 Å². The highest BCUT2D eigenvalue weighted by Crippen LogP contribution is 2.62. The third kappa shape index (κ3) is 11.8. The summed E-state index contributed by atoms with van der Waals surface area (Å²) in [6, 6.07) is 10.4. The summed E-state index contributed by atoms with van der Waals surface area (Å²) in [6.07, 6.45) is 20.9. The molecule has 5 rings (SSSR count). The number of nitrogens with zero attached hydrogens (tertiary/aromatic N) is 2. The summed E-state index contributed by atoms with van der Waals surface area (Å²) in [7, 11) is 3.40. The first-order valence-corrected chi connectivity index (χ1v) is 23.1. The average molecular weight is 845 g/mol. The maximum atomic E-state index is 14.3. The Bertz CT molecular complexity index is 1780. The van der Waals surface area contributed by atoms with E-state index >= 15 is 0 Å². The molecule has 2 N–H and O–H groups in total. The van der Waals surface area contributed by atoms with Crippen LogP contribution >= 0.6 is 0 Å². The van der Waals surface area contributed by atoms with Gasteiger partial charge in [-0.05, 0) is 92.8 Å². The normalized spacial score (nSPS) is 23.3. The number of allylic oxidation sites excluding steroid dienone is 1. The Labute approximate surface area is 364 Å². The van der Waals surface area contributed by atoms with E-state index in [1.807, 2.05) is 37.1 Å². The van der Waals surface area contributed by atoms with E-state index in [1.165, 1.54) is 45.6 Å². The van der Waals surface area contributed by atoms with Gasteiger partial charge in [-0.15, -0.1) is 6.58 Å². The van der Waals surface area contributed by atoms with E-state index in [2.05, 4.69) is 19.6 Å². The van der Waals surface area contributed by atoms with E-state index in [4.69, 9.17) is 28.9 Å². The number of hydrogen-bond acceptors (Lipinski definition) is 10. The molecule has 2 aromatic rings. The molecule has 11 heteroatoms. The standard InChI is InChI=1S/C50H72N2O9/c1-6-9-10-11-12-13-14-15-16-23-47(56)52(4)46-34-43(51-59-8-3)41-32-36(21-17-19-28-53)40(22-18-20-29-54)48-42-33-39(60-38-24-26-44(57-5)37(31-38)35-55)25-27-45(42)61-50(46,49(41)48)58-30-7-2/h7,24-27,31-33,35-36,40,46,48-49,53-54H,2,6,8-23,28-30,34H2,1,3-5H3/t36-,40+,46-,48+,49+,50+/m0/s1. The number of hydrogen-bond donors (Lipinski definition) is 2. The first-order chi connectivity index (χ1) is 29.8. The van der Waals surface area contributed by atoms with E-state index in [-0.39, 0.29) is 43.5 Å². The van der Waals surface area contributed by atoms with Crippen molar-refractivity contribution in [2.45, 2.75) is 141 Å². The lowest BCUT2D eigenvalue weighted by atomic mass is 9.55. The Kier molecular flexibility index (Phi) is 19.2. The lowest BCUT2D eigenvalue weighted by Gasteiger charge is -2.59. The van der Waals surface area contributed by atoms with Crippen LogP contribution in [0.5, 0.6) is 23.0 Å². The number of likely N-dealkylation sites (N-methyl/N-ethyl adjacent to an activating group) is 1. The molecule has 1 aliphatic heterocycles. The Balaban J connectivity index is 1.59. The summed E-state index contributed by atoms with van der Waals surface area (Å²) < 4.78 is 26.1. The molecule has 0 saturated heterocycles. The van der Waals surface area contributed by atoms with Crippen LogP contribution in [0.2, 0.25) is 0 Å². The number of oxime groups is 1. The quantitative estimate of drug-likeness (QED) is 0.0371. The second-order valence-electron chi connectivity index (χ2n) is 16.9. The molecule has 0 aromatic heterocycles. The number of rotatable bonds is 28. The highest BCUT2D eigenvalue weighted by Gasteiger charge is 2.65. The minimum atomic E-state index is -1.30. The van der Waals surface area contributed by atoms with Gasteiger partial charge in [0, 0.05) is 44.6 Å². The number of amides is 1. The van der Waals surface area contributed by atoms with Gasteiger partial charge in [0.25, 0.3) is 0 Å². The van der Waals surface area contributed by atoms with Crippen LogP contribution in [-0.4, -0.2) is 85.4 Å². The molecule has 1 heterocycles. The molecule has 1 amide bonds. The molecule has 0 radical (unpaired) electrons. The van der Waals surface area contributed by atoms with Gasteiger partial charge < -0.3 is 38.9 Å². The molecule has 1 fully saturated rings. The molecule has 2 aromatic carbocycles. The molecule has 61 heavy (non-hydrogen) atoms. The molecule has 6 atom stereocenters. The van der Waals surface area contributed by atoms with E-state index in [0.717, 1.165) is 68.1 Å². The maximum absolute atomic E-state index is 14.3. The van der Waals surface area contributed by atoms with E-state index < -0.39 is 17.7 Å². The van der Waals surface area contributed by atoms with Crippen LogP contribution in [0.25, 0.3) is 0 Å². The van der Waals surface area contributed by atoms with E-state index in [1.54, 1.807) is 24.3 Å². The molecular formula is C50H72N2O9. The highest BCUT2D eigenvalue weighted by atomic mass is 16.7. The number of methoxy groups -OCH3 is 1. The number of carbonyl (C=O) groups excluding carboxylic acids is 2. The zero-order valence-corrected chi connectivity index (χ0v) is 37.3. The van der Waals surface area contributed by atoms with Gasteiger partial charge in [-0.2, -0.15) is 0 Å². The first-order valence-electron chi connectivity index (χ1n) is 23.1. The minimum absolute atomic E-state index is 0.0405. The van der Waals surface area contributed by atoms with Gasteiger partial charge in [0.15, 0.2) is 6.29 Å². The number of aldehydes is 1. The van der Waals surface area contributed by atoms with Gasteiger partial charge in [-0.1, -0.05) is 88.4 Å². The van der Waals surface area contributed by atoms with Crippen molar-refractivity contribution in [1.82, 2.24) is 4.90 Å². The number of fused-ring (bicyclic) bond motifs is 2. The Morgan fingerprint density at radius 2 is 1.62 bits per heavy atom. The molecule has 0 spiro atoms. The number of aliphatic hydroxyl groups is 2. The van der Waals surface area contributed by atoms with Gasteiger partial charge in [0.1, 0.15) is 35.6 Å². The summed E-state index contributed by atoms with van der Waals surface area (Å²) >= 11 is 0. The largest absolute Gasteiger partial charge is 0.496 e. The zero-order valence-electron chi connectivity index (χ0n) is 37.3. The van der Waals surface area contributed by atoms with Crippen LogP contribution in [0.1, 0.15) is 145 Å². The van der Waals surface area contributed by atoms with Crippen molar-refractivity contribution in [3.8, 4) is 23.0 Å². The number of ether oxygens (including phenoxy) is 4. The average Bonchev–Trinajstić information content (AvgIpc) is 3.27. The van der Waals surface area contributed by atoms with Crippen molar-refractivity contribution >= 4 is 17.9 Å². The fraction of sp³-hybridized carbons (Fsp3) is 0.620. The predicted molar refractivity (Wildman–Crippen MR) is 240 cm³/mol. The van der Waals surface area contributed by atoms with Crippen LogP contribution in [0.4, 0.5) is 0 Å². The van der Waals surface area contributed by atoms with Crippen molar-refractivity contribution in [3.63, 3.8) is 0 Å². The van der Waals surface area contributed by atoms with Crippen molar-refractivity contribution in [2.24, 2.45) is 22.9 Å². The molecule has 11 nitrogen and oxygen atoms in total. The second kappa shape index (κ2) is 24.4. The molecule has 0 unspecified atom stereocenters. The van der Waals surface area contributed by atoms with Gasteiger partial charge in [-0.3, -0.25) is 9.59 Å². The monoisotopic (exact) mass is 845 g/mol. The number of aliphatic hydroxyl groups excluding tert-OH is 2. The molecule has 336 valence electrons. The third-order valence-electron chi connectivity index (χ3n) is 12.9. The Morgan fingerprint density at radius 1 is 0.934 bits per heavy atom. The van der Waals surface area contributed by atoms with Crippen molar-refractivity contribution in [3.05, 3.63) is 71.8 Å². The van der Waals surface area contributed by atoms with E-state index in [0.29, 0.717) is 60.9 Å². The van der Waals surface area contributed by atoms with Crippen LogP contribution in [0.3, 0.4) is 0 Å². The van der Waals surface area contributed by atoms with Gasteiger partial charge >= 0.3 is 0 Å². The number of unbranched alkanes of at least 4 members (excludes halogenated alkanes) is 10. The fourth-order valence-corrected chi connectivity index (χ4v) is 9.87. The molecule has 3 aliphatic rings. The maximum Gasteiger partial charge on any atom is 0.239 e. The van der Waals surface area contributed by atoms with Gasteiger partial charge in [-0.25, -0.2) is 0 Å². The first kappa shape index (κ1) is 47.9. The lowest BCUT2D eigenvalue weighted by Crippen LogP contribution is -2.69. The Morgan fingerprint density at radius 3 is 2.30 bits per heavy atom. The Hall–Kier alpha value is -4.19. The lowest BCUT2D eigenvalue weighted by molar-refractivity contribution is -0.255. The van der Waals surface area contributed by atoms with E-state index in [9.17, 15) is 19.8 Å². The van der Waals surface area contributed by atoms with Crippen molar-refractivity contribution in [2.75, 3.05) is 40.6 Å². The summed E-state index contributed by atoms with van der Waals surface area (Å²) in [4.78, 5) is 33.9. The SMILES string of the molecule is C=CCO[C@@]12Oc3ccc(Oc4ccc(OC)c(C=O)c4)cc3[C@H]3[C@H](CCCCO)[C@@H](CCCCO)C=C(C(=NOCC)C[C@@H]1N(C)C(=O)CCCCCCCCCCC)[C@H]32. The predicted octanol–water partition coefficient (Wildman–Crippen LogP) is 10.3. The van der Waals surface area contributed by atoms with Crippen LogP contribution < -0.4 is 14.2 Å².